The van der Waals surface area contributed by atoms with Gasteiger partial charge in [-0.15, -0.1) is 0 Å². The van der Waals surface area contributed by atoms with E-state index in [2.05, 4.69) is 15.5 Å². The first kappa shape index (κ1) is 15.9. The molecule has 3 aliphatic rings. The number of halogens is 3. The smallest absolute Gasteiger partial charge is 0.352 e. The third-order valence-corrected chi connectivity index (χ3v) is 5.63. The van der Waals surface area contributed by atoms with Gasteiger partial charge in [0.2, 0.25) is 0 Å². The van der Waals surface area contributed by atoms with Gasteiger partial charge in [-0.3, -0.25) is 9.69 Å². The molecule has 0 spiro atoms. The second-order valence-electron chi connectivity index (χ2n) is 7.05. The predicted octanol–water partition coefficient (Wildman–Crippen LogP) is 1.58. The topological polar surface area (TPSA) is 44.4 Å². The molecule has 2 N–H and O–H groups in total. The van der Waals surface area contributed by atoms with Crippen LogP contribution in [0.25, 0.3) is 0 Å². The number of amides is 1. The molecule has 2 atom stereocenters. The highest BCUT2D eigenvalue weighted by Crippen LogP contribution is 2.51. The number of rotatable bonds is 4. The second kappa shape index (κ2) is 5.74. The van der Waals surface area contributed by atoms with E-state index in [0.717, 1.165) is 38.3 Å². The molecule has 1 saturated carbocycles. The van der Waals surface area contributed by atoms with Gasteiger partial charge in [0.25, 0.3) is 5.91 Å². The van der Waals surface area contributed by atoms with Crippen molar-refractivity contribution in [1.82, 2.24) is 15.5 Å². The summed E-state index contributed by atoms with van der Waals surface area (Å²) in [6.07, 6.45) is -4.43. The van der Waals surface area contributed by atoms with E-state index in [1.807, 2.05) is 0 Å². The molecule has 2 saturated heterocycles. The van der Waals surface area contributed by atoms with E-state index in [4.69, 9.17) is 0 Å². The number of nitrogens with zero attached hydrogens (tertiary/aromatic N) is 1. The lowest BCUT2D eigenvalue weighted by Gasteiger charge is -2.36. The van der Waals surface area contributed by atoms with Crippen molar-refractivity contribution in [3.63, 3.8) is 0 Å². The molecule has 1 aliphatic carbocycles. The van der Waals surface area contributed by atoms with Crippen molar-refractivity contribution in [1.29, 1.82) is 0 Å². The van der Waals surface area contributed by atoms with Crippen molar-refractivity contribution in [3.05, 3.63) is 35.4 Å². The third-order valence-electron chi connectivity index (χ3n) is 5.63. The minimum atomic E-state index is -4.43. The number of alkyl halides is 3. The quantitative estimate of drug-likeness (QED) is 0.876. The molecule has 2 heterocycles. The predicted molar refractivity (Wildman–Crippen MR) is 82.5 cm³/mol. The summed E-state index contributed by atoms with van der Waals surface area (Å²) in [6.45, 7) is 4.86. The Hall–Kier alpha value is -1.60. The normalized spacial score (nSPS) is 29.9. The average Bonchev–Trinajstić information content (AvgIpc) is 2.94. The molecule has 24 heavy (non-hydrogen) atoms. The molecule has 0 radical (unpaired) electrons. The molecule has 0 bridgehead atoms. The van der Waals surface area contributed by atoms with Gasteiger partial charge in [-0.1, -0.05) is 6.07 Å². The fourth-order valence-corrected chi connectivity index (χ4v) is 3.96. The SMILES string of the molecule is O=C(NCC1C2CN(C3CNC3)CC12)c1cccc(C(F)(F)F)c1. The van der Waals surface area contributed by atoms with Crippen LogP contribution >= 0.6 is 0 Å². The lowest BCUT2D eigenvalue weighted by atomic mass is 10.1. The average molecular weight is 339 g/mol. The van der Waals surface area contributed by atoms with E-state index >= 15 is 0 Å². The lowest BCUT2D eigenvalue weighted by molar-refractivity contribution is -0.137. The number of nitrogens with one attached hydrogen (secondary N) is 2. The standard InChI is InChI=1S/C17H20F3N3O/c18-17(19,20)11-3-1-2-10(4-11)16(24)22-7-13-14-8-23(9-15(13)14)12-5-21-6-12/h1-4,12-15,21H,5-9H2,(H,22,24). The maximum atomic E-state index is 12.7. The van der Waals surface area contributed by atoms with E-state index in [1.54, 1.807) is 0 Å². The number of likely N-dealkylation sites (tertiary alicyclic amines) is 1. The summed E-state index contributed by atoms with van der Waals surface area (Å²) in [7, 11) is 0. The van der Waals surface area contributed by atoms with Crippen LogP contribution in [0.1, 0.15) is 15.9 Å². The Morgan fingerprint density at radius 1 is 1.25 bits per heavy atom. The van der Waals surface area contributed by atoms with Gasteiger partial charge < -0.3 is 10.6 Å². The zero-order valence-electron chi connectivity index (χ0n) is 13.1. The molecule has 130 valence electrons. The van der Waals surface area contributed by atoms with E-state index < -0.39 is 17.6 Å². The number of benzene rings is 1. The van der Waals surface area contributed by atoms with Crippen molar-refractivity contribution >= 4 is 5.91 Å². The molecule has 3 fully saturated rings. The van der Waals surface area contributed by atoms with Crippen LogP contribution in [0.5, 0.6) is 0 Å². The number of hydrogen-bond acceptors (Lipinski definition) is 3. The first-order chi connectivity index (χ1) is 11.4. The van der Waals surface area contributed by atoms with Crippen LogP contribution in [0.15, 0.2) is 24.3 Å². The highest BCUT2D eigenvalue weighted by molar-refractivity contribution is 5.94. The van der Waals surface area contributed by atoms with Crippen LogP contribution in [-0.2, 0) is 6.18 Å². The summed E-state index contributed by atoms with van der Waals surface area (Å²) in [5.41, 5.74) is -0.721. The Bertz CT molecular complexity index is 632. The minimum Gasteiger partial charge on any atom is -0.352 e. The van der Waals surface area contributed by atoms with Gasteiger partial charge in [0, 0.05) is 44.3 Å². The molecule has 0 aromatic heterocycles. The summed E-state index contributed by atoms with van der Waals surface area (Å²) in [6, 6.07) is 5.25. The van der Waals surface area contributed by atoms with Gasteiger partial charge in [0.15, 0.2) is 0 Å². The van der Waals surface area contributed by atoms with Gasteiger partial charge in [-0.25, -0.2) is 0 Å². The number of carbonyl (C=O) groups excluding carboxylic acids is 1. The van der Waals surface area contributed by atoms with E-state index in [0.29, 0.717) is 30.3 Å². The summed E-state index contributed by atoms with van der Waals surface area (Å²) in [4.78, 5) is 14.6. The molecule has 1 aromatic rings. The Morgan fingerprint density at radius 3 is 2.54 bits per heavy atom. The molecule has 4 nitrogen and oxygen atoms in total. The maximum absolute atomic E-state index is 12.7. The minimum absolute atomic E-state index is 0.0674. The Labute approximate surface area is 138 Å². The number of piperidine rings is 1. The largest absolute Gasteiger partial charge is 0.416 e. The Morgan fingerprint density at radius 2 is 1.96 bits per heavy atom. The van der Waals surface area contributed by atoms with Crippen molar-refractivity contribution in [2.75, 3.05) is 32.7 Å². The number of carbonyl (C=O) groups is 1. The van der Waals surface area contributed by atoms with Crippen LogP contribution in [0.3, 0.4) is 0 Å². The number of fused-ring (bicyclic) bond motifs is 1. The first-order valence-corrected chi connectivity index (χ1v) is 8.33. The molecule has 7 heteroatoms. The summed E-state index contributed by atoms with van der Waals surface area (Å²) in [5, 5.41) is 6.08. The van der Waals surface area contributed by atoms with E-state index in [9.17, 15) is 18.0 Å². The summed E-state index contributed by atoms with van der Waals surface area (Å²) in [5.74, 6) is 1.31. The summed E-state index contributed by atoms with van der Waals surface area (Å²) < 4.78 is 38.1. The van der Waals surface area contributed by atoms with E-state index in [-0.39, 0.29) is 5.56 Å². The Balaban J connectivity index is 1.28. The van der Waals surface area contributed by atoms with Crippen LogP contribution in [0.2, 0.25) is 0 Å². The van der Waals surface area contributed by atoms with Gasteiger partial charge in [0.1, 0.15) is 0 Å². The van der Waals surface area contributed by atoms with Crippen LogP contribution in [0.4, 0.5) is 13.2 Å². The summed E-state index contributed by atoms with van der Waals surface area (Å²) >= 11 is 0. The molecule has 2 aliphatic heterocycles. The molecule has 1 aromatic carbocycles. The molecule has 1 amide bonds. The van der Waals surface area contributed by atoms with Gasteiger partial charge in [-0.05, 0) is 36.0 Å². The highest BCUT2D eigenvalue weighted by atomic mass is 19.4. The molecule has 2 unspecified atom stereocenters. The van der Waals surface area contributed by atoms with Crippen LogP contribution in [-0.4, -0.2) is 49.6 Å². The first-order valence-electron chi connectivity index (χ1n) is 8.33. The van der Waals surface area contributed by atoms with Crippen molar-refractivity contribution in [2.24, 2.45) is 17.8 Å². The van der Waals surface area contributed by atoms with Crippen LogP contribution < -0.4 is 10.6 Å². The molecule has 4 rings (SSSR count). The fourth-order valence-electron chi connectivity index (χ4n) is 3.96. The fraction of sp³-hybridized carbons (Fsp3) is 0.588. The lowest BCUT2D eigenvalue weighted by Crippen LogP contribution is -2.57. The van der Waals surface area contributed by atoms with Gasteiger partial charge in [-0.2, -0.15) is 13.2 Å². The highest BCUT2D eigenvalue weighted by Gasteiger charge is 2.56. The maximum Gasteiger partial charge on any atom is 0.416 e. The molecular formula is C17H20F3N3O. The monoisotopic (exact) mass is 339 g/mol. The van der Waals surface area contributed by atoms with E-state index in [1.165, 1.54) is 12.1 Å². The van der Waals surface area contributed by atoms with Crippen LogP contribution in [0, 0.1) is 17.8 Å². The zero-order valence-corrected chi connectivity index (χ0v) is 13.1. The second-order valence-corrected chi connectivity index (χ2v) is 7.05. The Kier molecular flexibility index (Phi) is 3.80. The zero-order chi connectivity index (χ0) is 16.9. The van der Waals surface area contributed by atoms with Crippen molar-refractivity contribution in [3.8, 4) is 0 Å². The van der Waals surface area contributed by atoms with Gasteiger partial charge >= 0.3 is 6.18 Å². The van der Waals surface area contributed by atoms with Crippen molar-refractivity contribution in [2.45, 2.75) is 12.2 Å². The third kappa shape index (κ3) is 2.91. The van der Waals surface area contributed by atoms with Gasteiger partial charge in [0.05, 0.1) is 5.56 Å². The van der Waals surface area contributed by atoms with Crippen molar-refractivity contribution < 1.29 is 18.0 Å². The molecular weight excluding hydrogens is 319 g/mol. The number of hydrogen-bond donors (Lipinski definition) is 2.